The third-order valence-electron chi connectivity index (χ3n) is 4.36. The Labute approximate surface area is 153 Å². The number of hydrogen-bond donors (Lipinski definition) is 1. The van der Waals surface area contributed by atoms with Crippen molar-refractivity contribution in [2.45, 2.75) is 25.3 Å². The minimum Gasteiger partial charge on any atom is -0.335 e. The van der Waals surface area contributed by atoms with Gasteiger partial charge in [-0.1, -0.05) is 12.1 Å². The summed E-state index contributed by atoms with van der Waals surface area (Å²) in [6, 6.07) is 7.42. The van der Waals surface area contributed by atoms with E-state index in [-0.39, 0.29) is 18.5 Å². The van der Waals surface area contributed by atoms with Gasteiger partial charge in [0.25, 0.3) is 0 Å². The molecule has 7 nitrogen and oxygen atoms in total. The highest BCUT2D eigenvalue weighted by Crippen LogP contribution is 2.17. The number of sulfonamides is 1. The van der Waals surface area contributed by atoms with Gasteiger partial charge in [-0.15, -0.1) is 0 Å². The van der Waals surface area contributed by atoms with E-state index in [9.17, 15) is 13.2 Å². The van der Waals surface area contributed by atoms with E-state index in [2.05, 4.69) is 14.7 Å². The van der Waals surface area contributed by atoms with Gasteiger partial charge in [-0.05, 0) is 37.5 Å². The van der Waals surface area contributed by atoms with Crippen LogP contribution in [-0.2, 0) is 14.8 Å². The van der Waals surface area contributed by atoms with Crippen LogP contribution in [0.2, 0.25) is 0 Å². The average Bonchev–Trinajstić information content (AvgIpc) is 2.64. The molecule has 1 aromatic heterocycles. The molecule has 1 unspecified atom stereocenters. The quantitative estimate of drug-likeness (QED) is 0.802. The molecule has 0 bridgehead atoms. The second-order valence-electron chi connectivity index (χ2n) is 6.42. The first kappa shape index (κ1) is 18.5. The second kappa shape index (κ2) is 7.92. The van der Waals surface area contributed by atoms with Gasteiger partial charge in [0.1, 0.15) is 0 Å². The van der Waals surface area contributed by atoms with Crippen molar-refractivity contribution in [3.63, 3.8) is 0 Å². The second-order valence-corrected chi connectivity index (χ2v) is 8.25. The number of para-hydroxylation sites is 2. The van der Waals surface area contributed by atoms with Gasteiger partial charge in [0.05, 0.1) is 29.2 Å². The van der Waals surface area contributed by atoms with Crippen LogP contribution in [0.25, 0.3) is 17.1 Å². The minimum absolute atomic E-state index is 0.127. The molecule has 1 saturated heterocycles. The molecule has 1 aliphatic heterocycles. The molecule has 2 aromatic rings. The highest BCUT2D eigenvalue weighted by molar-refractivity contribution is 7.88. The van der Waals surface area contributed by atoms with Gasteiger partial charge < -0.3 is 4.90 Å². The maximum Gasteiger partial charge on any atom is 0.246 e. The SMILES string of the molecule is CS(=O)(=O)NCC1CCCCN1C(=O)/C=C/c1cnc2ccccc2n1. The van der Waals surface area contributed by atoms with Crippen molar-refractivity contribution >= 4 is 33.0 Å². The predicted molar refractivity (Wildman–Crippen MR) is 101 cm³/mol. The Morgan fingerprint density at radius 2 is 2.08 bits per heavy atom. The number of likely N-dealkylation sites (tertiary alicyclic amines) is 1. The Hall–Kier alpha value is -2.32. The van der Waals surface area contributed by atoms with Crippen LogP contribution >= 0.6 is 0 Å². The van der Waals surface area contributed by atoms with Crippen molar-refractivity contribution in [1.29, 1.82) is 0 Å². The fourth-order valence-electron chi connectivity index (χ4n) is 3.05. The van der Waals surface area contributed by atoms with Crippen LogP contribution in [0.15, 0.2) is 36.5 Å². The fourth-order valence-corrected chi connectivity index (χ4v) is 3.55. The van der Waals surface area contributed by atoms with Crippen molar-refractivity contribution in [1.82, 2.24) is 19.6 Å². The Morgan fingerprint density at radius 3 is 2.85 bits per heavy atom. The fraction of sp³-hybridized carbons (Fsp3) is 0.389. The number of fused-ring (bicyclic) bond motifs is 1. The zero-order chi connectivity index (χ0) is 18.6. The summed E-state index contributed by atoms with van der Waals surface area (Å²) >= 11 is 0. The van der Waals surface area contributed by atoms with Crippen LogP contribution in [0.1, 0.15) is 25.0 Å². The van der Waals surface area contributed by atoms with Crippen molar-refractivity contribution < 1.29 is 13.2 Å². The van der Waals surface area contributed by atoms with Crippen LogP contribution in [0.3, 0.4) is 0 Å². The largest absolute Gasteiger partial charge is 0.335 e. The van der Waals surface area contributed by atoms with E-state index in [4.69, 9.17) is 0 Å². The number of rotatable bonds is 5. The molecule has 8 heteroatoms. The van der Waals surface area contributed by atoms with E-state index in [1.165, 1.54) is 6.08 Å². The Balaban J connectivity index is 1.70. The smallest absolute Gasteiger partial charge is 0.246 e. The topological polar surface area (TPSA) is 92.3 Å². The molecule has 1 aromatic carbocycles. The number of hydrogen-bond acceptors (Lipinski definition) is 5. The van der Waals surface area contributed by atoms with Crippen LogP contribution in [0, 0.1) is 0 Å². The standard InChI is InChI=1S/C18H22N4O3S/c1-26(24,25)20-13-15-6-4-5-11-22(15)18(23)10-9-14-12-19-16-7-2-3-8-17(16)21-14/h2-3,7-10,12,15,20H,4-6,11,13H2,1H3/b10-9+. The molecule has 2 heterocycles. The summed E-state index contributed by atoms with van der Waals surface area (Å²) in [6.07, 6.45) is 8.59. The number of amides is 1. The number of nitrogens with zero attached hydrogens (tertiary/aromatic N) is 3. The highest BCUT2D eigenvalue weighted by Gasteiger charge is 2.25. The molecule has 1 fully saturated rings. The summed E-state index contributed by atoms with van der Waals surface area (Å²) in [4.78, 5) is 23.1. The summed E-state index contributed by atoms with van der Waals surface area (Å²) in [5.41, 5.74) is 2.19. The Kier molecular flexibility index (Phi) is 5.63. The lowest BCUT2D eigenvalue weighted by atomic mass is 10.0. The third-order valence-corrected chi connectivity index (χ3v) is 5.05. The summed E-state index contributed by atoms with van der Waals surface area (Å²) in [5.74, 6) is -0.139. The molecular weight excluding hydrogens is 352 g/mol. The van der Waals surface area contributed by atoms with Gasteiger partial charge >= 0.3 is 0 Å². The number of nitrogens with one attached hydrogen (secondary N) is 1. The summed E-state index contributed by atoms with van der Waals surface area (Å²) in [5, 5.41) is 0. The minimum atomic E-state index is -3.27. The van der Waals surface area contributed by atoms with Crippen molar-refractivity contribution in [3.05, 3.63) is 42.2 Å². The zero-order valence-electron chi connectivity index (χ0n) is 14.6. The monoisotopic (exact) mass is 374 g/mol. The van der Waals surface area contributed by atoms with E-state index >= 15 is 0 Å². The van der Waals surface area contributed by atoms with Crippen molar-refractivity contribution in [2.24, 2.45) is 0 Å². The Bertz CT molecular complexity index is 927. The molecule has 0 saturated carbocycles. The van der Waals surface area contributed by atoms with E-state index in [1.54, 1.807) is 17.2 Å². The van der Waals surface area contributed by atoms with E-state index in [0.717, 1.165) is 36.6 Å². The number of carbonyl (C=O) groups excluding carboxylic acids is 1. The lowest BCUT2D eigenvalue weighted by Crippen LogP contribution is -2.48. The molecule has 26 heavy (non-hydrogen) atoms. The van der Waals surface area contributed by atoms with Gasteiger partial charge in [-0.2, -0.15) is 0 Å². The molecule has 0 aliphatic carbocycles. The van der Waals surface area contributed by atoms with Gasteiger partial charge in [0.2, 0.25) is 15.9 Å². The summed E-state index contributed by atoms with van der Waals surface area (Å²) in [7, 11) is -3.27. The normalized spacial score (nSPS) is 18.5. The van der Waals surface area contributed by atoms with Crippen LogP contribution < -0.4 is 4.72 Å². The first-order chi connectivity index (χ1) is 12.4. The lowest BCUT2D eigenvalue weighted by Gasteiger charge is -2.35. The molecule has 138 valence electrons. The molecule has 3 rings (SSSR count). The summed E-state index contributed by atoms with van der Waals surface area (Å²) in [6.45, 7) is 0.872. The third kappa shape index (κ3) is 4.86. The number of carbonyl (C=O) groups is 1. The molecule has 1 N–H and O–H groups in total. The number of aromatic nitrogens is 2. The molecule has 1 aliphatic rings. The van der Waals surface area contributed by atoms with Gasteiger partial charge in [-0.25, -0.2) is 18.1 Å². The number of piperidine rings is 1. The van der Waals surface area contributed by atoms with Gasteiger partial charge in [-0.3, -0.25) is 9.78 Å². The van der Waals surface area contributed by atoms with E-state index in [1.807, 2.05) is 24.3 Å². The molecular formula is C18H22N4O3S. The molecule has 1 atom stereocenters. The maximum atomic E-state index is 12.6. The Morgan fingerprint density at radius 1 is 1.31 bits per heavy atom. The lowest BCUT2D eigenvalue weighted by molar-refractivity contribution is -0.129. The molecule has 1 amide bonds. The van der Waals surface area contributed by atoms with Gasteiger partial charge in [0.15, 0.2) is 0 Å². The zero-order valence-corrected chi connectivity index (χ0v) is 15.4. The van der Waals surface area contributed by atoms with E-state index in [0.29, 0.717) is 12.2 Å². The average molecular weight is 374 g/mol. The summed E-state index contributed by atoms with van der Waals surface area (Å²) < 4.78 is 25.2. The van der Waals surface area contributed by atoms with Crippen molar-refractivity contribution in [2.75, 3.05) is 19.3 Å². The van der Waals surface area contributed by atoms with Crippen molar-refractivity contribution in [3.8, 4) is 0 Å². The van der Waals surface area contributed by atoms with Crippen LogP contribution in [0.5, 0.6) is 0 Å². The van der Waals surface area contributed by atoms with Gasteiger partial charge in [0, 0.05) is 25.2 Å². The molecule has 0 radical (unpaired) electrons. The predicted octanol–water partition coefficient (Wildman–Crippen LogP) is 1.57. The highest BCUT2D eigenvalue weighted by atomic mass is 32.2. The van der Waals surface area contributed by atoms with E-state index < -0.39 is 10.0 Å². The first-order valence-electron chi connectivity index (χ1n) is 8.57. The van der Waals surface area contributed by atoms with Crippen LogP contribution in [-0.4, -0.2) is 54.6 Å². The maximum absolute atomic E-state index is 12.6. The van der Waals surface area contributed by atoms with Crippen LogP contribution in [0.4, 0.5) is 0 Å². The molecule has 0 spiro atoms. The first-order valence-corrected chi connectivity index (χ1v) is 10.5. The number of benzene rings is 1.